The number of ether oxygens (including phenoxy) is 2. The SMILES string of the molecule is CC1C=C2C(=CC1)c1ncccc1C2(CC(=O)Oc1ccccc1)CC1(CC(=O)Oc2ccccc2)C2=CCCC=C2c2ncccc21. The fraction of sp³-hybridized carbons (Fsp3) is 0.238. The molecule has 4 aromatic rings. The number of carbonyl (C=O) groups excluding carboxylic acids is 2. The Kier molecular flexibility index (Phi) is 7.51. The third kappa shape index (κ3) is 5.03. The summed E-state index contributed by atoms with van der Waals surface area (Å²) in [6.07, 6.45) is 16.0. The summed E-state index contributed by atoms with van der Waals surface area (Å²) in [6, 6.07) is 26.5. The van der Waals surface area contributed by atoms with Crippen molar-refractivity contribution in [3.8, 4) is 11.5 Å². The molecule has 2 aromatic carbocycles. The summed E-state index contributed by atoms with van der Waals surface area (Å²) in [5, 5.41) is 0. The number of carbonyl (C=O) groups is 2. The number of aromatic nitrogens is 2. The first-order valence-corrected chi connectivity index (χ1v) is 16.7. The van der Waals surface area contributed by atoms with Crippen LogP contribution in [-0.4, -0.2) is 21.9 Å². The highest BCUT2D eigenvalue weighted by atomic mass is 16.5. The number of hydrogen-bond acceptors (Lipinski definition) is 6. The Morgan fingerprint density at radius 1 is 0.667 bits per heavy atom. The Labute approximate surface area is 280 Å². The van der Waals surface area contributed by atoms with E-state index < -0.39 is 10.8 Å². The van der Waals surface area contributed by atoms with Crippen LogP contribution in [0.2, 0.25) is 0 Å². The van der Waals surface area contributed by atoms with Crippen LogP contribution < -0.4 is 9.47 Å². The van der Waals surface area contributed by atoms with Gasteiger partial charge in [-0.2, -0.15) is 0 Å². The van der Waals surface area contributed by atoms with Crippen LogP contribution in [0.5, 0.6) is 11.5 Å². The monoisotopic (exact) mass is 632 g/mol. The molecule has 2 heterocycles. The van der Waals surface area contributed by atoms with Gasteiger partial charge in [0.25, 0.3) is 0 Å². The molecule has 0 spiro atoms. The van der Waals surface area contributed by atoms with Gasteiger partial charge in [-0.1, -0.05) is 79.8 Å². The second-order valence-corrected chi connectivity index (χ2v) is 13.3. The van der Waals surface area contributed by atoms with E-state index in [4.69, 9.17) is 19.4 Å². The molecule has 0 saturated heterocycles. The van der Waals surface area contributed by atoms with Gasteiger partial charge in [0, 0.05) is 34.4 Å². The Bertz CT molecular complexity index is 2040. The molecule has 0 fully saturated rings. The van der Waals surface area contributed by atoms with E-state index in [1.807, 2.05) is 60.9 Å². The van der Waals surface area contributed by atoms with Crippen molar-refractivity contribution in [3.05, 3.63) is 155 Å². The van der Waals surface area contributed by atoms with Crippen LogP contribution >= 0.6 is 0 Å². The number of fused-ring (bicyclic) bond motifs is 6. The molecule has 238 valence electrons. The number of benzene rings is 2. The standard InChI is InChI=1S/C42H36N2O4/c1-28-20-21-32-36(24-28)42(35-19-11-23-44-40(32)35,26-38(46)48-30-14-6-3-7-15-30)27-41(25-37(45)47-29-12-4-2-5-13-29)33-17-9-8-16-31(33)39-34(41)18-10-22-43-39/h2-7,10-19,21-24,28H,8-9,20,25-27H2,1H3. The van der Waals surface area contributed by atoms with Crippen LogP contribution in [0.4, 0.5) is 0 Å². The van der Waals surface area contributed by atoms with Crippen molar-refractivity contribution in [3.63, 3.8) is 0 Å². The van der Waals surface area contributed by atoms with E-state index in [9.17, 15) is 9.59 Å². The van der Waals surface area contributed by atoms with Crippen molar-refractivity contribution in [2.45, 2.75) is 56.3 Å². The number of esters is 2. The van der Waals surface area contributed by atoms with E-state index in [-0.39, 0.29) is 30.7 Å². The number of nitrogens with zero attached hydrogens (tertiary/aromatic N) is 2. The molecule has 4 aliphatic carbocycles. The summed E-state index contributed by atoms with van der Waals surface area (Å²) in [5.74, 6) is 0.596. The van der Waals surface area contributed by atoms with E-state index in [0.29, 0.717) is 17.9 Å². The fourth-order valence-corrected chi connectivity index (χ4v) is 8.36. The Morgan fingerprint density at radius 2 is 1.19 bits per heavy atom. The zero-order chi connectivity index (χ0) is 32.7. The maximum Gasteiger partial charge on any atom is 0.312 e. The Hall–Kier alpha value is -5.36. The van der Waals surface area contributed by atoms with Crippen molar-refractivity contribution in [2.75, 3.05) is 0 Å². The molecule has 6 nitrogen and oxygen atoms in total. The van der Waals surface area contributed by atoms with Gasteiger partial charge in [-0.15, -0.1) is 0 Å². The minimum Gasteiger partial charge on any atom is -0.426 e. The lowest BCUT2D eigenvalue weighted by Crippen LogP contribution is -2.42. The Morgan fingerprint density at radius 3 is 1.77 bits per heavy atom. The summed E-state index contributed by atoms with van der Waals surface area (Å²) in [5.41, 5.74) is 6.36. The maximum absolute atomic E-state index is 14.2. The predicted molar refractivity (Wildman–Crippen MR) is 185 cm³/mol. The van der Waals surface area contributed by atoms with E-state index in [1.54, 1.807) is 24.3 Å². The van der Waals surface area contributed by atoms with Crippen LogP contribution in [0.1, 0.15) is 68.0 Å². The fourth-order valence-electron chi connectivity index (χ4n) is 8.36. The van der Waals surface area contributed by atoms with Gasteiger partial charge in [0.1, 0.15) is 11.5 Å². The molecule has 3 atom stereocenters. The van der Waals surface area contributed by atoms with Gasteiger partial charge in [0.15, 0.2) is 0 Å². The average molecular weight is 633 g/mol. The first-order valence-electron chi connectivity index (χ1n) is 16.7. The number of pyridine rings is 2. The van der Waals surface area contributed by atoms with E-state index in [2.05, 4.69) is 43.4 Å². The van der Waals surface area contributed by atoms with Crippen LogP contribution in [0, 0.1) is 5.92 Å². The number of rotatable bonds is 8. The second kappa shape index (κ2) is 12.0. The van der Waals surface area contributed by atoms with Crippen LogP contribution in [0.25, 0.3) is 11.1 Å². The molecular formula is C42H36N2O4. The quantitative estimate of drug-likeness (QED) is 0.143. The molecule has 0 amide bonds. The van der Waals surface area contributed by atoms with Gasteiger partial charge in [0.2, 0.25) is 0 Å². The topological polar surface area (TPSA) is 78.4 Å². The molecule has 0 saturated carbocycles. The highest BCUT2D eigenvalue weighted by Gasteiger charge is 2.58. The highest BCUT2D eigenvalue weighted by Crippen LogP contribution is 2.63. The lowest BCUT2D eigenvalue weighted by molar-refractivity contribution is -0.135. The van der Waals surface area contributed by atoms with E-state index in [1.165, 1.54) is 0 Å². The molecule has 0 radical (unpaired) electrons. The largest absolute Gasteiger partial charge is 0.426 e. The van der Waals surface area contributed by atoms with Crippen molar-refractivity contribution in [1.82, 2.24) is 9.97 Å². The summed E-state index contributed by atoms with van der Waals surface area (Å²) in [7, 11) is 0. The van der Waals surface area contributed by atoms with Crippen molar-refractivity contribution in [2.24, 2.45) is 5.92 Å². The summed E-state index contributed by atoms with van der Waals surface area (Å²) < 4.78 is 12.0. The molecule has 48 heavy (non-hydrogen) atoms. The molecule has 8 rings (SSSR count). The summed E-state index contributed by atoms with van der Waals surface area (Å²) >= 11 is 0. The minimum absolute atomic E-state index is 0.0773. The van der Waals surface area contributed by atoms with Gasteiger partial charge in [0.05, 0.1) is 24.2 Å². The smallest absolute Gasteiger partial charge is 0.312 e. The first kappa shape index (κ1) is 30.0. The number of allylic oxidation sites excluding steroid dienone is 8. The van der Waals surface area contributed by atoms with Crippen LogP contribution in [-0.2, 0) is 20.4 Å². The third-order valence-electron chi connectivity index (χ3n) is 10.2. The molecule has 4 aliphatic rings. The molecule has 6 heteroatoms. The first-order chi connectivity index (χ1) is 23.5. The Balaban J connectivity index is 1.33. The summed E-state index contributed by atoms with van der Waals surface area (Å²) in [4.78, 5) is 38.1. The van der Waals surface area contributed by atoms with Gasteiger partial charge in [-0.25, -0.2) is 0 Å². The van der Waals surface area contributed by atoms with Gasteiger partial charge < -0.3 is 9.47 Å². The maximum atomic E-state index is 14.2. The van der Waals surface area contributed by atoms with Crippen molar-refractivity contribution < 1.29 is 19.1 Å². The minimum atomic E-state index is -0.843. The number of hydrogen-bond donors (Lipinski definition) is 0. The molecule has 0 bridgehead atoms. The van der Waals surface area contributed by atoms with Crippen molar-refractivity contribution >= 4 is 23.1 Å². The van der Waals surface area contributed by atoms with E-state index in [0.717, 1.165) is 64.1 Å². The van der Waals surface area contributed by atoms with Crippen LogP contribution in [0.3, 0.4) is 0 Å². The molecule has 0 N–H and O–H groups in total. The predicted octanol–water partition coefficient (Wildman–Crippen LogP) is 8.51. The van der Waals surface area contributed by atoms with Gasteiger partial charge >= 0.3 is 11.9 Å². The zero-order valence-electron chi connectivity index (χ0n) is 26.9. The molecular weight excluding hydrogens is 596 g/mol. The molecule has 2 aromatic heterocycles. The highest BCUT2D eigenvalue weighted by molar-refractivity contribution is 5.95. The lowest BCUT2D eigenvalue weighted by atomic mass is 9.59. The van der Waals surface area contributed by atoms with E-state index >= 15 is 0 Å². The third-order valence-corrected chi connectivity index (χ3v) is 10.2. The normalized spacial score (nSPS) is 23.3. The lowest BCUT2D eigenvalue weighted by Gasteiger charge is -2.42. The van der Waals surface area contributed by atoms with Crippen molar-refractivity contribution in [1.29, 1.82) is 0 Å². The van der Waals surface area contributed by atoms with Gasteiger partial charge in [-0.3, -0.25) is 19.6 Å². The zero-order valence-corrected chi connectivity index (χ0v) is 26.9. The molecule has 3 unspecified atom stereocenters. The average Bonchev–Trinajstić information content (AvgIpc) is 3.52. The second-order valence-electron chi connectivity index (χ2n) is 13.3. The molecule has 0 aliphatic heterocycles. The summed E-state index contributed by atoms with van der Waals surface area (Å²) in [6.45, 7) is 2.20. The number of para-hydroxylation sites is 2. The van der Waals surface area contributed by atoms with Crippen LogP contribution in [0.15, 0.2) is 133 Å². The van der Waals surface area contributed by atoms with Gasteiger partial charge in [-0.05, 0) is 90.3 Å².